The molecule has 2 N–H and O–H groups in total. The first-order chi connectivity index (χ1) is 15.1. The number of pyridine rings is 1. The number of carbonyl (C=O) groups excluding carboxylic acids is 2. The van der Waals surface area contributed by atoms with E-state index in [0.717, 1.165) is 16.5 Å². The summed E-state index contributed by atoms with van der Waals surface area (Å²) in [6, 6.07) is 25.6. The second-order valence-electron chi connectivity index (χ2n) is 6.69. The number of ether oxygens (including phenoxy) is 1. The van der Waals surface area contributed by atoms with Crippen molar-refractivity contribution in [3.63, 3.8) is 0 Å². The minimum absolute atomic E-state index is 0.246. The minimum atomic E-state index is -0.481. The Bertz CT molecular complexity index is 1250. The van der Waals surface area contributed by atoms with E-state index in [0.29, 0.717) is 22.0 Å². The number of hydrogen-bond acceptors (Lipinski definition) is 4. The average Bonchev–Trinajstić information content (AvgIpc) is 2.81. The molecule has 4 aromatic rings. The minimum Gasteiger partial charge on any atom is -0.483 e. The van der Waals surface area contributed by atoms with Crippen molar-refractivity contribution in [2.45, 2.75) is 0 Å². The van der Waals surface area contributed by atoms with Crippen molar-refractivity contribution in [2.75, 3.05) is 6.61 Å². The smallest absolute Gasteiger partial charge is 0.276 e. The molecule has 0 spiro atoms. The van der Waals surface area contributed by atoms with Gasteiger partial charge in [0.1, 0.15) is 10.9 Å². The number of nitrogens with zero attached hydrogens (tertiary/aromatic N) is 1. The summed E-state index contributed by atoms with van der Waals surface area (Å²) in [5.74, 6) is -0.351. The zero-order chi connectivity index (χ0) is 21.6. The average molecular weight is 432 g/mol. The maximum atomic E-state index is 12.4. The number of halogens is 1. The van der Waals surface area contributed by atoms with Crippen molar-refractivity contribution in [1.82, 2.24) is 15.8 Å². The summed E-state index contributed by atoms with van der Waals surface area (Å²) >= 11 is 5.87. The van der Waals surface area contributed by atoms with Crippen LogP contribution in [0.15, 0.2) is 84.9 Å². The summed E-state index contributed by atoms with van der Waals surface area (Å²) in [5.41, 5.74) is 7.69. The number of para-hydroxylation sites is 1. The molecule has 154 valence electrons. The SMILES string of the molecule is O=C(COc1ccccc1-c1ccccc1)NNC(=O)c1ccc2nc(Cl)ccc2c1. The van der Waals surface area contributed by atoms with Gasteiger partial charge in [0.25, 0.3) is 11.8 Å². The Kier molecular flexibility index (Phi) is 6.10. The molecule has 1 aromatic heterocycles. The number of nitrogens with one attached hydrogen (secondary N) is 2. The standard InChI is InChI=1S/C24H18ClN3O3/c25-22-13-11-17-14-18(10-12-20(17)26-22)24(30)28-27-23(29)15-31-21-9-5-4-8-19(21)16-6-2-1-3-7-16/h1-14H,15H2,(H,27,29)(H,28,30). The van der Waals surface area contributed by atoms with Gasteiger partial charge in [0.15, 0.2) is 6.61 Å². The van der Waals surface area contributed by atoms with E-state index >= 15 is 0 Å². The van der Waals surface area contributed by atoms with Gasteiger partial charge in [-0.3, -0.25) is 20.4 Å². The molecule has 0 radical (unpaired) electrons. The predicted octanol–water partition coefficient (Wildman–Crippen LogP) is 4.40. The fourth-order valence-corrected chi connectivity index (χ4v) is 3.22. The number of rotatable bonds is 5. The van der Waals surface area contributed by atoms with Gasteiger partial charge >= 0.3 is 0 Å². The van der Waals surface area contributed by atoms with Gasteiger partial charge in [0, 0.05) is 16.5 Å². The van der Waals surface area contributed by atoms with Crippen LogP contribution >= 0.6 is 11.6 Å². The zero-order valence-electron chi connectivity index (χ0n) is 16.3. The highest BCUT2D eigenvalue weighted by Crippen LogP contribution is 2.29. The van der Waals surface area contributed by atoms with Crippen LogP contribution in [-0.2, 0) is 4.79 Å². The van der Waals surface area contributed by atoms with E-state index in [9.17, 15) is 9.59 Å². The van der Waals surface area contributed by atoms with E-state index in [1.807, 2.05) is 48.5 Å². The van der Waals surface area contributed by atoms with Gasteiger partial charge in [-0.05, 0) is 42.0 Å². The highest BCUT2D eigenvalue weighted by molar-refractivity contribution is 6.29. The molecule has 0 bridgehead atoms. The quantitative estimate of drug-likeness (QED) is 0.362. The van der Waals surface area contributed by atoms with E-state index in [2.05, 4.69) is 15.8 Å². The van der Waals surface area contributed by atoms with Gasteiger partial charge in [-0.1, -0.05) is 60.1 Å². The largest absolute Gasteiger partial charge is 0.483 e. The van der Waals surface area contributed by atoms with Crippen LogP contribution in [0.1, 0.15) is 10.4 Å². The Labute approximate surface area is 183 Å². The molecule has 4 rings (SSSR count). The van der Waals surface area contributed by atoms with E-state index < -0.39 is 11.8 Å². The van der Waals surface area contributed by atoms with Crippen LogP contribution in [0.3, 0.4) is 0 Å². The molecule has 1 heterocycles. The molecular formula is C24H18ClN3O3. The topological polar surface area (TPSA) is 80.3 Å². The second-order valence-corrected chi connectivity index (χ2v) is 7.08. The zero-order valence-corrected chi connectivity index (χ0v) is 17.1. The van der Waals surface area contributed by atoms with Crippen LogP contribution in [0.5, 0.6) is 5.75 Å². The van der Waals surface area contributed by atoms with Gasteiger partial charge in [-0.25, -0.2) is 4.98 Å². The number of amides is 2. The molecular weight excluding hydrogens is 414 g/mol. The summed E-state index contributed by atoms with van der Waals surface area (Å²) < 4.78 is 5.68. The van der Waals surface area contributed by atoms with Crippen LogP contribution in [0.25, 0.3) is 22.0 Å². The molecule has 31 heavy (non-hydrogen) atoms. The van der Waals surface area contributed by atoms with Crippen molar-refractivity contribution in [3.8, 4) is 16.9 Å². The van der Waals surface area contributed by atoms with Crippen molar-refractivity contribution >= 4 is 34.3 Å². The first-order valence-corrected chi connectivity index (χ1v) is 9.91. The van der Waals surface area contributed by atoms with Crippen molar-refractivity contribution in [2.24, 2.45) is 0 Å². The number of hydrazine groups is 1. The van der Waals surface area contributed by atoms with Gasteiger partial charge < -0.3 is 4.74 Å². The molecule has 0 aliphatic heterocycles. The fraction of sp³-hybridized carbons (Fsp3) is 0.0417. The number of carbonyl (C=O) groups is 2. The summed E-state index contributed by atoms with van der Waals surface area (Å²) in [5, 5.41) is 1.15. The Morgan fingerprint density at radius 3 is 2.48 bits per heavy atom. The predicted molar refractivity (Wildman–Crippen MR) is 120 cm³/mol. The number of fused-ring (bicyclic) bond motifs is 1. The third kappa shape index (κ3) is 4.99. The molecule has 0 fully saturated rings. The van der Waals surface area contributed by atoms with Gasteiger partial charge in [0.05, 0.1) is 5.52 Å². The maximum absolute atomic E-state index is 12.4. The summed E-state index contributed by atoms with van der Waals surface area (Å²) in [6.07, 6.45) is 0. The lowest BCUT2D eigenvalue weighted by Gasteiger charge is -2.12. The Morgan fingerprint density at radius 2 is 1.65 bits per heavy atom. The van der Waals surface area contributed by atoms with Gasteiger partial charge in [0.2, 0.25) is 0 Å². The lowest BCUT2D eigenvalue weighted by atomic mass is 10.1. The van der Waals surface area contributed by atoms with Crippen LogP contribution in [0, 0.1) is 0 Å². The molecule has 0 atom stereocenters. The van der Waals surface area contributed by atoms with E-state index in [1.165, 1.54) is 0 Å². The third-order valence-electron chi connectivity index (χ3n) is 4.56. The lowest BCUT2D eigenvalue weighted by Crippen LogP contribution is -2.43. The summed E-state index contributed by atoms with van der Waals surface area (Å²) in [4.78, 5) is 28.7. The third-order valence-corrected chi connectivity index (χ3v) is 4.77. The fourth-order valence-electron chi connectivity index (χ4n) is 3.07. The molecule has 0 aliphatic carbocycles. The number of aromatic nitrogens is 1. The van der Waals surface area contributed by atoms with Crippen LogP contribution in [-0.4, -0.2) is 23.4 Å². The van der Waals surface area contributed by atoms with E-state index in [4.69, 9.17) is 16.3 Å². The Hall–Kier alpha value is -3.90. The lowest BCUT2D eigenvalue weighted by molar-refractivity contribution is -0.123. The highest BCUT2D eigenvalue weighted by atomic mass is 35.5. The summed E-state index contributed by atoms with van der Waals surface area (Å²) in [7, 11) is 0. The van der Waals surface area contributed by atoms with Gasteiger partial charge in [-0.2, -0.15) is 0 Å². The molecule has 3 aromatic carbocycles. The van der Waals surface area contributed by atoms with Crippen molar-refractivity contribution < 1.29 is 14.3 Å². The Balaban J connectivity index is 1.35. The maximum Gasteiger partial charge on any atom is 0.276 e. The first-order valence-electron chi connectivity index (χ1n) is 9.53. The van der Waals surface area contributed by atoms with E-state index in [1.54, 1.807) is 36.4 Å². The summed E-state index contributed by atoms with van der Waals surface area (Å²) in [6.45, 7) is -0.246. The molecule has 7 heteroatoms. The number of hydrogen-bond donors (Lipinski definition) is 2. The molecule has 0 aliphatic rings. The number of benzene rings is 3. The highest BCUT2D eigenvalue weighted by Gasteiger charge is 2.11. The van der Waals surface area contributed by atoms with E-state index in [-0.39, 0.29) is 6.61 Å². The van der Waals surface area contributed by atoms with Gasteiger partial charge in [-0.15, -0.1) is 0 Å². The molecule has 6 nitrogen and oxygen atoms in total. The second kappa shape index (κ2) is 9.28. The molecule has 0 saturated carbocycles. The Morgan fingerprint density at radius 1 is 0.871 bits per heavy atom. The van der Waals surface area contributed by atoms with Crippen LogP contribution in [0.2, 0.25) is 5.15 Å². The van der Waals surface area contributed by atoms with Crippen LogP contribution in [0.4, 0.5) is 0 Å². The first kappa shape index (κ1) is 20.4. The monoisotopic (exact) mass is 431 g/mol. The van der Waals surface area contributed by atoms with Crippen LogP contribution < -0.4 is 15.6 Å². The molecule has 0 unspecified atom stereocenters. The van der Waals surface area contributed by atoms with Crippen molar-refractivity contribution in [1.29, 1.82) is 0 Å². The molecule has 0 saturated heterocycles. The normalized spacial score (nSPS) is 10.5. The van der Waals surface area contributed by atoms with Crippen molar-refractivity contribution in [3.05, 3.63) is 95.6 Å². The molecule has 2 amide bonds.